The van der Waals surface area contributed by atoms with Gasteiger partial charge in [-0.05, 0) is 48.6 Å². The molecule has 2 heterocycles. The Labute approximate surface area is 205 Å². The lowest BCUT2D eigenvalue weighted by molar-refractivity contribution is -0.137. The highest BCUT2D eigenvalue weighted by Crippen LogP contribution is 2.42. The number of sulfonamides is 1. The first-order chi connectivity index (χ1) is 17.1. The van der Waals surface area contributed by atoms with Crippen molar-refractivity contribution in [3.63, 3.8) is 0 Å². The number of fused-ring (bicyclic) bond motifs is 1. The van der Waals surface area contributed by atoms with Gasteiger partial charge < -0.3 is 9.47 Å². The van der Waals surface area contributed by atoms with Gasteiger partial charge in [-0.2, -0.15) is 13.2 Å². The summed E-state index contributed by atoms with van der Waals surface area (Å²) in [5.41, 5.74) is 1.25. The van der Waals surface area contributed by atoms with E-state index in [1.807, 2.05) is 0 Å². The molecule has 1 N–H and O–H groups in total. The summed E-state index contributed by atoms with van der Waals surface area (Å²) < 4.78 is 91.7. The fourth-order valence-electron chi connectivity index (χ4n) is 4.15. The number of methoxy groups -OCH3 is 1. The zero-order chi connectivity index (χ0) is 25.9. The lowest BCUT2D eigenvalue weighted by Gasteiger charge is -2.29. The van der Waals surface area contributed by atoms with E-state index in [1.165, 1.54) is 31.4 Å². The summed E-state index contributed by atoms with van der Waals surface area (Å²) in [7, 11) is -2.57. The van der Waals surface area contributed by atoms with Crippen LogP contribution in [-0.2, 0) is 27.4 Å². The Morgan fingerprint density at radius 1 is 1.11 bits per heavy atom. The number of benzene rings is 2. The van der Waals surface area contributed by atoms with E-state index >= 15 is 0 Å². The van der Waals surface area contributed by atoms with Crippen LogP contribution in [0.3, 0.4) is 0 Å². The molecule has 0 unspecified atom stereocenters. The van der Waals surface area contributed by atoms with Gasteiger partial charge in [0.25, 0.3) is 10.0 Å². The molecule has 12 heteroatoms. The molecule has 36 heavy (non-hydrogen) atoms. The normalized spacial score (nSPS) is 15.8. The average molecular weight is 526 g/mol. The number of hydrogen-bond donors (Lipinski definition) is 1. The van der Waals surface area contributed by atoms with Crippen molar-refractivity contribution in [2.75, 3.05) is 25.0 Å². The minimum Gasteiger partial charge on any atom is -0.493 e. The number of nitrogens with zero attached hydrogens (tertiary/aromatic N) is 2. The van der Waals surface area contributed by atoms with Gasteiger partial charge >= 0.3 is 6.18 Å². The molecule has 0 saturated carbocycles. The molecule has 1 aromatic heterocycles. The van der Waals surface area contributed by atoms with Gasteiger partial charge in [-0.25, -0.2) is 27.5 Å². The molecule has 0 spiro atoms. The highest BCUT2D eigenvalue weighted by Gasteiger charge is 2.33. The van der Waals surface area contributed by atoms with Crippen LogP contribution in [0.1, 0.15) is 41.0 Å². The van der Waals surface area contributed by atoms with Crippen molar-refractivity contribution in [1.29, 1.82) is 0 Å². The van der Waals surface area contributed by atoms with Gasteiger partial charge in [-0.3, -0.25) is 0 Å². The number of rotatable bonds is 8. The van der Waals surface area contributed by atoms with E-state index in [0.29, 0.717) is 42.7 Å². The molecule has 4 rings (SSSR count). The third-order valence-corrected chi connectivity index (χ3v) is 7.15. The zero-order valence-corrected chi connectivity index (χ0v) is 20.0. The Morgan fingerprint density at radius 2 is 1.83 bits per heavy atom. The fraction of sp³-hybridized carbons (Fsp3) is 0.333. The molecule has 0 fully saturated rings. The second kappa shape index (κ2) is 10.4. The van der Waals surface area contributed by atoms with E-state index in [9.17, 15) is 26.0 Å². The van der Waals surface area contributed by atoms with E-state index in [1.54, 1.807) is 6.07 Å². The number of aromatic nitrogens is 2. The van der Waals surface area contributed by atoms with Crippen LogP contribution in [0.15, 0.2) is 53.7 Å². The largest absolute Gasteiger partial charge is 0.493 e. The van der Waals surface area contributed by atoms with Gasteiger partial charge in [0.05, 0.1) is 29.5 Å². The molecule has 3 aromatic rings. The van der Waals surface area contributed by atoms with Crippen molar-refractivity contribution in [3.05, 3.63) is 76.9 Å². The molecule has 0 saturated heterocycles. The number of anilines is 1. The van der Waals surface area contributed by atoms with Crippen LogP contribution >= 0.6 is 0 Å². The Kier molecular flexibility index (Phi) is 7.46. The van der Waals surface area contributed by atoms with E-state index < -0.39 is 27.6 Å². The van der Waals surface area contributed by atoms with Gasteiger partial charge in [0.1, 0.15) is 5.75 Å². The second-order valence-electron chi connectivity index (χ2n) is 8.23. The Bertz CT molecular complexity index is 1330. The van der Waals surface area contributed by atoms with Crippen LogP contribution in [0.25, 0.3) is 0 Å². The maximum Gasteiger partial charge on any atom is 0.416 e. The van der Waals surface area contributed by atoms with Crippen LogP contribution in [0, 0.1) is 5.82 Å². The molecule has 0 aliphatic carbocycles. The van der Waals surface area contributed by atoms with E-state index in [0.717, 1.165) is 24.0 Å². The summed E-state index contributed by atoms with van der Waals surface area (Å²) in [6.45, 7) is 0.667. The molecule has 1 atom stereocenters. The number of ether oxygens (including phenoxy) is 2. The van der Waals surface area contributed by atoms with Gasteiger partial charge in [-0.1, -0.05) is 12.1 Å². The van der Waals surface area contributed by atoms with Crippen LogP contribution < -0.4 is 9.46 Å². The highest BCUT2D eigenvalue weighted by molar-refractivity contribution is 7.92. The average Bonchev–Trinajstić information content (AvgIpc) is 2.84. The maximum atomic E-state index is 13.4. The number of alkyl halides is 3. The summed E-state index contributed by atoms with van der Waals surface area (Å²) >= 11 is 0. The first-order valence-electron chi connectivity index (χ1n) is 11.0. The minimum absolute atomic E-state index is 0.123. The lowest BCUT2D eigenvalue weighted by Crippen LogP contribution is -2.19. The molecule has 2 aromatic carbocycles. The van der Waals surface area contributed by atoms with Gasteiger partial charge in [-0.15, -0.1) is 0 Å². The zero-order valence-electron chi connectivity index (χ0n) is 19.2. The van der Waals surface area contributed by atoms with Gasteiger partial charge in [0, 0.05) is 31.3 Å². The summed E-state index contributed by atoms with van der Waals surface area (Å²) in [5.74, 6) is -0.968. The van der Waals surface area contributed by atoms with Crippen molar-refractivity contribution < 1.29 is 35.5 Å². The van der Waals surface area contributed by atoms with Crippen molar-refractivity contribution in [2.45, 2.75) is 36.3 Å². The summed E-state index contributed by atoms with van der Waals surface area (Å²) in [4.78, 5) is 7.07. The first-order valence-corrected chi connectivity index (χ1v) is 12.5. The van der Waals surface area contributed by atoms with Crippen molar-refractivity contribution in [2.24, 2.45) is 0 Å². The molecule has 0 radical (unpaired) electrons. The number of aryl methyl sites for hydroxylation is 1. The predicted octanol–water partition coefficient (Wildman–Crippen LogP) is 4.93. The maximum absolute atomic E-state index is 13.4. The van der Waals surface area contributed by atoms with Crippen molar-refractivity contribution >= 4 is 16.0 Å². The molecule has 1 aliphatic heterocycles. The summed E-state index contributed by atoms with van der Waals surface area (Å²) in [6.07, 6.45) is -1.33. The number of nitrogens with one attached hydrogen (secondary N) is 1. The Hall–Kier alpha value is -3.25. The molecule has 7 nitrogen and oxygen atoms in total. The van der Waals surface area contributed by atoms with E-state index in [4.69, 9.17) is 9.47 Å². The SMILES string of the molecule is COCCCc1cc(C(F)(F)F)ccc1[C@H]1CCOc2cc(S(=O)(=O)Nc3ncc(F)cn3)ccc21. The van der Waals surface area contributed by atoms with Crippen LogP contribution in [-0.4, -0.2) is 38.7 Å². The molecular weight excluding hydrogens is 502 g/mol. The minimum atomic E-state index is -4.47. The quantitative estimate of drug-likeness (QED) is 0.331. The van der Waals surface area contributed by atoms with Crippen LogP contribution in [0.4, 0.5) is 23.5 Å². The van der Waals surface area contributed by atoms with Gasteiger partial charge in [0.15, 0.2) is 5.82 Å². The predicted molar refractivity (Wildman–Crippen MR) is 123 cm³/mol. The third kappa shape index (κ3) is 5.76. The Morgan fingerprint density at radius 3 is 2.53 bits per heavy atom. The van der Waals surface area contributed by atoms with Crippen LogP contribution in [0.2, 0.25) is 0 Å². The topological polar surface area (TPSA) is 90.4 Å². The number of hydrogen-bond acceptors (Lipinski definition) is 6. The van der Waals surface area contributed by atoms with Crippen molar-refractivity contribution in [3.8, 4) is 5.75 Å². The smallest absolute Gasteiger partial charge is 0.416 e. The first kappa shape index (κ1) is 25.8. The van der Waals surface area contributed by atoms with Crippen LogP contribution in [0.5, 0.6) is 5.75 Å². The fourth-order valence-corrected chi connectivity index (χ4v) is 5.12. The molecule has 1 aliphatic rings. The molecule has 0 bridgehead atoms. The van der Waals surface area contributed by atoms with E-state index in [2.05, 4.69) is 14.7 Å². The highest BCUT2D eigenvalue weighted by atomic mass is 32.2. The molecule has 192 valence electrons. The van der Waals surface area contributed by atoms with E-state index in [-0.39, 0.29) is 23.4 Å². The lowest BCUT2D eigenvalue weighted by atomic mass is 9.82. The van der Waals surface area contributed by atoms with Crippen molar-refractivity contribution in [1.82, 2.24) is 9.97 Å². The Balaban J connectivity index is 1.67. The molecular formula is C24H23F4N3O4S. The van der Waals surface area contributed by atoms with Gasteiger partial charge in [0.2, 0.25) is 5.95 Å². The number of halogens is 4. The summed E-state index contributed by atoms with van der Waals surface area (Å²) in [6, 6.07) is 8.04. The second-order valence-corrected chi connectivity index (χ2v) is 9.91. The third-order valence-electron chi connectivity index (χ3n) is 5.82. The summed E-state index contributed by atoms with van der Waals surface area (Å²) in [5, 5.41) is 0. The molecule has 0 amide bonds. The standard InChI is InChI=1S/C24H23F4N3O4S/c1-34-9-2-3-15-11-16(24(26,27)28)4-6-19(15)20-8-10-35-22-12-18(5-7-21(20)22)36(32,33)31-23-29-13-17(25)14-30-23/h4-7,11-14,20H,2-3,8-10H2,1H3,(H,29,30,31)/t20-/m1/s1. The monoisotopic (exact) mass is 525 g/mol.